The van der Waals surface area contributed by atoms with Gasteiger partial charge in [0.05, 0.1) is 16.1 Å². The Morgan fingerprint density at radius 2 is 1.46 bits per heavy atom. The van der Waals surface area contributed by atoms with Gasteiger partial charge in [-0.2, -0.15) is 0 Å². The van der Waals surface area contributed by atoms with Crippen LogP contribution in [0, 0.1) is 6.92 Å². The summed E-state index contributed by atoms with van der Waals surface area (Å²) < 4.78 is 31.8. The van der Waals surface area contributed by atoms with Crippen LogP contribution >= 0.6 is 0 Å². The van der Waals surface area contributed by atoms with Crippen molar-refractivity contribution in [3.05, 3.63) is 59.7 Å². The molecular weight excluding hydrogens is 380 g/mol. The first kappa shape index (κ1) is 21.4. The van der Waals surface area contributed by atoms with Crippen molar-refractivity contribution in [2.24, 2.45) is 0 Å². The maximum atomic E-state index is 12.7. The van der Waals surface area contributed by atoms with Crippen LogP contribution in [-0.4, -0.2) is 52.4 Å². The number of hydrogen-bond donors (Lipinski definition) is 0. The summed E-state index contributed by atoms with van der Waals surface area (Å²) >= 11 is 0. The zero-order valence-electron chi connectivity index (χ0n) is 16.5. The molecule has 7 nitrogen and oxygen atoms in total. The maximum Gasteiger partial charge on any atom is 0.338 e. The molecule has 0 aliphatic carbocycles. The summed E-state index contributed by atoms with van der Waals surface area (Å²) in [4.78, 5) is 25.5. The summed E-state index contributed by atoms with van der Waals surface area (Å²) in [6, 6.07) is 12.5. The third kappa shape index (κ3) is 4.69. The van der Waals surface area contributed by atoms with Gasteiger partial charge in [-0.1, -0.05) is 17.7 Å². The fourth-order valence-corrected chi connectivity index (χ4v) is 3.65. The SMILES string of the molecule is Cc1ccc(S(=O)(=O)N(C)c2ccc(C(=O)O[C@H](C)C(=O)N(C)C)cc2)cc1. The average Bonchev–Trinajstić information content (AvgIpc) is 2.67. The van der Waals surface area contributed by atoms with E-state index in [1.54, 1.807) is 38.4 Å². The highest BCUT2D eigenvalue weighted by Gasteiger charge is 2.23. The Bertz CT molecular complexity index is 951. The molecule has 0 saturated carbocycles. The molecule has 0 N–H and O–H groups in total. The molecule has 150 valence electrons. The van der Waals surface area contributed by atoms with E-state index >= 15 is 0 Å². The molecule has 0 fully saturated rings. The summed E-state index contributed by atoms with van der Waals surface area (Å²) in [5, 5.41) is 0. The number of anilines is 1. The minimum atomic E-state index is -3.71. The summed E-state index contributed by atoms with van der Waals surface area (Å²) in [5.41, 5.74) is 1.59. The second kappa shape index (κ2) is 8.43. The van der Waals surface area contributed by atoms with E-state index in [1.807, 2.05) is 6.92 Å². The van der Waals surface area contributed by atoms with E-state index < -0.39 is 22.1 Å². The smallest absolute Gasteiger partial charge is 0.338 e. The Balaban J connectivity index is 2.16. The molecule has 0 saturated heterocycles. The van der Waals surface area contributed by atoms with E-state index in [9.17, 15) is 18.0 Å². The highest BCUT2D eigenvalue weighted by molar-refractivity contribution is 7.92. The van der Waals surface area contributed by atoms with Crippen LogP contribution in [0.15, 0.2) is 53.4 Å². The van der Waals surface area contributed by atoms with Crippen molar-refractivity contribution >= 4 is 27.6 Å². The Kier molecular flexibility index (Phi) is 6.45. The maximum absolute atomic E-state index is 12.7. The Morgan fingerprint density at radius 3 is 1.96 bits per heavy atom. The van der Waals surface area contributed by atoms with Crippen molar-refractivity contribution in [1.29, 1.82) is 0 Å². The van der Waals surface area contributed by atoms with E-state index in [1.165, 1.54) is 43.1 Å². The average molecular weight is 404 g/mol. The van der Waals surface area contributed by atoms with Crippen LogP contribution in [0.3, 0.4) is 0 Å². The number of ether oxygens (including phenoxy) is 1. The van der Waals surface area contributed by atoms with Gasteiger partial charge in [-0.15, -0.1) is 0 Å². The van der Waals surface area contributed by atoms with Gasteiger partial charge >= 0.3 is 5.97 Å². The molecule has 0 radical (unpaired) electrons. The number of aryl methyl sites for hydroxylation is 1. The van der Waals surface area contributed by atoms with Crippen LogP contribution in [-0.2, 0) is 19.6 Å². The third-order valence-corrected chi connectivity index (χ3v) is 6.02. The minimum absolute atomic E-state index is 0.181. The predicted octanol–water partition coefficient (Wildman–Crippen LogP) is 2.45. The lowest BCUT2D eigenvalue weighted by Crippen LogP contribution is -2.34. The number of carbonyl (C=O) groups is 2. The van der Waals surface area contributed by atoms with Gasteiger partial charge in [0.25, 0.3) is 15.9 Å². The number of amides is 1. The Labute approximate surface area is 165 Å². The number of esters is 1. The van der Waals surface area contributed by atoms with Crippen molar-refractivity contribution < 1.29 is 22.7 Å². The van der Waals surface area contributed by atoms with Crippen LogP contribution in [0.2, 0.25) is 0 Å². The van der Waals surface area contributed by atoms with Crippen molar-refractivity contribution in [2.75, 3.05) is 25.4 Å². The second-order valence-electron chi connectivity index (χ2n) is 6.61. The molecule has 0 heterocycles. The van der Waals surface area contributed by atoms with Crippen LogP contribution in [0.25, 0.3) is 0 Å². The highest BCUT2D eigenvalue weighted by atomic mass is 32.2. The van der Waals surface area contributed by atoms with E-state index in [4.69, 9.17) is 4.74 Å². The Morgan fingerprint density at radius 1 is 0.929 bits per heavy atom. The summed E-state index contributed by atoms with van der Waals surface area (Å²) in [6.07, 6.45) is -0.910. The van der Waals surface area contributed by atoms with Gasteiger partial charge in [0.15, 0.2) is 6.10 Å². The predicted molar refractivity (Wildman–Crippen MR) is 107 cm³/mol. The molecule has 28 heavy (non-hydrogen) atoms. The normalized spacial score (nSPS) is 12.2. The fraction of sp³-hybridized carbons (Fsp3) is 0.300. The van der Waals surface area contributed by atoms with E-state index in [0.717, 1.165) is 9.87 Å². The first-order valence-electron chi connectivity index (χ1n) is 8.62. The number of hydrogen-bond acceptors (Lipinski definition) is 5. The van der Waals surface area contributed by atoms with Gasteiger partial charge < -0.3 is 9.64 Å². The van der Waals surface area contributed by atoms with Crippen LogP contribution in [0.5, 0.6) is 0 Å². The van der Waals surface area contributed by atoms with E-state index in [2.05, 4.69) is 0 Å². The first-order valence-corrected chi connectivity index (χ1v) is 10.1. The lowest BCUT2D eigenvalue weighted by atomic mass is 10.2. The molecule has 0 unspecified atom stereocenters. The second-order valence-corrected chi connectivity index (χ2v) is 8.58. The van der Waals surface area contributed by atoms with Gasteiger partial charge in [-0.05, 0) is 50.2 Å². The fourth-order valence-electron chi connectivity index (χ4n) is 2.46. The molecular formula is C20H24N2O5S. The molecule has 2 aromatic rings. The van der Waals surface area contributed by atoms with Gasteiger partial charge in [0.1, 0.15) is 0 Å². The number of rotatable bonds is 6. The van der Waals surface area contributed by atoms with Gasteiger partial charge in [-0.25, -0.2) is 13.2 Å². The van der Waals surface area contributed by atoms with Gasteiger partial charge in [0, 0.05) is 21.1 Å². The highest BCUT2D eigenvalue weighted by Crippen LogP contribution is 2.23. The summed E-state index contributed by atoms with van der Waals surface area (Å²) in [6.45, 7) is 3.38. The molecule has 0 aromatic heterocycles. The first-order chi connectivity index (χ1) is 13.0. The van der Waals surface area contributed by atoms with Crippen molar-refractivity contribution in [2.45, 2.75) is 24.8 Å². The lowest BCUT2D eigenvalue weighted by molar-refractivity contribution is -0.137. The monoisotopic (exact) mass is 404 g/mol. The number of nitrogens with zero attached hydrogens (tertiary/aromatic N) is 2. The zero-order chi connectivity index (χ0) is 21.1. The van der Waals surface area contributed by atoms with Crippen molar-refractivity contribution in [3.63, 3.8) is 0 Å². The molecule has 2 aromatic carbocycles. The molecule has 0 spiro atoms. The van der Waals surface area contributed by atoms with Crippen molar-refractivity contribution in [3.8, 4) is 0 Å². The molecule has 0 aliphatic heterocycles. The molecule has 0 aliphatic rings. The van der Waals surface area contributed by atoms with Gasteiger partial charge in [-0.3, -0.25) is 9.10 Å². The summed E-state index contributed by atoms with van der Waals surface area (Å²) in [7, 11) is 0.880. The number of benzene rings is 2. The van der Waals surface area contributed by atoms with Crippen LogP contribution in [0.4, 0.5) is 5.69 Å². The van der Waals surface area contributed by atoms with Gasteiger partial charge in [0.2, 0.25) is 0 Å². The number of likely N-dealkylation sites (N-methyl/N-ethyl adjacent to an activating group) is 1. The Hall–Kier alpha value is -2.87. The van der Waals surface area contributed by atoms with Crippen LogP contribution in [0.1, 0.15) is 22.8 Å². The molecule has 0 bridgehead atoms. The standard InChI is InChI=1S/C20H24N2O5S/c1-14-6-12-18(13-7-14)28(25,26)22(5)17-10-8-16(9-11-17)20(24)27-15(2)19(23)21(3)4/h6-13,15H,1-5H3/t15-/m1/s1. The van der Waals surface area contributed by atoms with Crippen molar-refractivity contribution in [1.82, 2.24) is 4.90 Å². The molecule has 1 amide bonds. The lowest BCUT2D eigenvalue weighted by Gasteiger charge is -2.20. The van der Waals surface area contributed by atoms with Crippen LogP contribution < -0.4 is 4.31 Å². The molecule has 8 heteroatoms. The van der Waals surface area contributed by atoms with E-state index in [-0.39, 0.29) is 16.4 Å². The topological polar surface area (TPSA) is 84.0 Å². The number of carbonyl (C=O) groups excluding carboxylic acids is 2. The molecule has 2 rings (SSSR count). The summed E-state index contributed by atoms with van der Waals surface area (Å²) in [5.74, 6) is -0.979. The van der Waals surface area contributed by atoms with E-state index in [0.29, 0.717) is 5.69 Å². The third-order valence-electron chi connectivity index (χ3n) is 4.22. The molecule has 1 atom stereocenters. The zero-order valence-corrected chi connectivity index (χ0v) is 17.4. The quantitative estimate of drug-likeness (QED) is 0.691. The number of sulfonamides is 1. The largest absolute Gasteiger partial charge is 0.449 e. The minimum Gasteiger partial charge on any atom is -0.449 e.